The van der Waals surface area contributed by atoms with Gasteiger partial charge >= 0.3 is 0 Å². The lowest BCUT2D eigenvalue weighted by Gasteiger charge is -2.34. The topological polar surface area (TPSA) is 32.3 Å². The molecule has 0 aromatic carbocycles. The van der Waals surface area contributed by atoms with Gasteiger partial charge in [0, 0.05) is 32.1 Å². The van der Waals surface area contributed by atoms with Gasteiger partial charge in [0.05, 0.1) is 0 Å². The van der Waals surface area contributed by atoms with Crippen LogP contribution < -0.4 is 5.32 Å². The zero-order chi connectivity index (χ0) is 15.0. The minimum Gasteiger partial charge on any atom is -0.343 e. The van der Waals surface area contributed by atoms with Crippen LogP contribution in [0.4, 0.5) is 0 Å². The summed E-state index contributed by atoms with van der Waals surface area (Å²) < 4.78 is 0. The van der Waals surface area contributed by atoms with E-state index in [-0.39, 0.29) is 5.91 Å². The highest BCUT2D eigenvalue weighted by Crippen LogP contribution is 2.29. The first-order valence-electron chi connectivity index (χ1n) is 8.61. The highest BCUT2D eigenvalue weighted by molar-refractivity contribution is 5.76. The molecule has 0 aromatic rings. The fraction of sp³-hybridized carbons (Fsp3) is 0.941. The Morgan fingerprint density at radius 2 is 1.75 bits per heavy atom. The molecule has 20 heavy (non-hydrogen) atoms. The molecule has 0 unspecified atom stereocenters. The fourth-order valence-corrected chi connectivity index (χ4v) is 3.52. The third-order valence-corrected chi connectivity index (χ3v) is 4.71. The van der Waals surface area contributed by atoms with Crippen LogP contribution in [0.3, 0.4) is 0 Å². The molecule has 1 atom stereocenters. The van der Waals surface area contributed by atoms with E-state index in [1.165, 1.54) is 32.1 Å². The average Bonchev–Trinajstić information content (AvgIpc) is 2.45. The molecular weight excluding hydrogens is 248 g/mol. The maximum absolute atomic E-state index is 12.0. The smallest absolute Gasteiger partial charge is 0.223 e. The van der Waals surface area contributed by atoms with Crippen molar-refractivity contribution in [3.8, 4) is 0 Å². The van der Waals surface area contributed by atoms with Crippen molar-refractivity contribution in [2.45, 2.75) is 72.3 Å². The van der Waals surface area contributed by atoms with Gasteiger partial charge in [0.15, 0.2) is 0 Å². The van der Waals surface area contributed by atoms with E-state index in [2.05, 4.69) is 19.2 Å². The summed E-state index contributed by atoms with van der Waals surface area (Å²) in [4.78, 5) is 13.9. The summed E-state index contributed by atoms with van der Waals surface area (Å²) in [5.41, 5.74) is 0. The molecule has 0 bridgehead atoms. The van der Waals surface area contributed by atoms with Crippen molar-refractivity contribution in [2.24, 2.45) is 11.8 Å². The van der Waals surface area contributed by atoms with Crippen LogP contribution in [-0.4, -0.2) is 36.5 Å². The van der Waals surface area contributed by atoms with Crippen molar-refractivity contribution >= 4 is 5.91 Å². The van der Waals surface area contributed by atoms with Gasteiger partial charge in [-0.25, -0.2) is 0 Å². The molecule has 1 rings (SSSR count). The molecule has 0 aromatic heterocycles. The minimum atomic E-state index is 0.286. The Morgan fingerprint density at radius 3 is 2.25 bits per heavy atom. The first-order chi connectivity index (χ1) is 9.60. The summed E-state index contributed by atoms with van der Waals surface area (Å²) in [6.07, 6.45) is 7.53. The molecule has 1 saturated carbocycles. The van der Waals surface area contributed by atoms with Gasteiger partial charge in [0.25, 0.3) is 0 Å². The zero-order valence-electron chi connectivity index (χ0n) is 14.0. The Morgan fingerprint density at radius 1 is 1.15 bits per heavy atom. The Kier molecular flexibility index (Phi) is 8.20. The van der Waals surface area contributed by atoms with E-state index in [9.17, 15) is 4.79 Å². The fourth-order valence-electron chi connectivity index (χ4n) is 3.52. The molecule has 0 saturated heterocycles. The highest BCUT2D eigenvalue weighted by Gasteiger charge is 2.25. The molecular formula is C17H34N2O. The molecule has 0 radical (unpaired) electrons. The second-order valence-corrected chi connectivity index (χ2v) is 6.44. The van der Waals surface area contributed by atoms with Crippen LogP contribution in [0.25, 0.3) is 0 Å². The molecule has 3 nitrogen and oxygen atoms in total. The van der Waals surface area contributed by atoms with Crippen LogP contribution in [0, 0.1) is 11.8 Å². The minimum absolute atomic E-state index is 0.286. The second-order valence-electron chi connectivity index (χ2n) is 6.44. The second kappa shape index (κ2) is 9.38. The molecule has 0 heterocycles. The van der Waals surface area contributed by atoms with Crippen molar-refractivity contribution in [3.05, 3.63) is 0 Å². The molecule has 1 fully saturated rings. The molecule has 0 aliphatic heterocycles. The normalized spacial score (nSPS) is 18.2. The van der Waals surface area contributed by atoms with E-state index >= 15 is 0 Å². The highest BCUT2D eigenvalue weighted by atomic mass is 16.2. The number of nitrogens with one attached hydrogen (secondary N) is 1. The van der Waals surface area contributed by atoms with Crippen molar-refractivity contribution in [2.75, 3.05) is 19.6 Å². The van der Waals surface area contributed by atoms with Crippen LogP contribution in [0.15, 0.2) is 0 Å². The summed E-state index contributed by atoms with van der Waals surface area (Å²) in [6.45, 7) is 11.2. The van der Waals surface area contributed by atoms with Gasteiger partial charge in [0.1, 0.15) is 0 Å². The number of hydrogen-bond donors (Lipinski definition) is 1. The first-order valence-corrected chi connectivity index (χ1v) is 8.61. The van der Waals surface area contributed by atoms with Crippen LogP contribution in [0.2, 0.25) is 0 Å². The van der Waals surface area contributed by atoms with Gasteiger partial charge in [-0.05, 0) is 38.5 Å². The van der Waals surface area contributed by atoms with E-state index in [1.807, 2.05) is 18.7 Å². The number of nitrogens with zero attached hydrogens (tertiary/aromatic N) is 1. The molecule has 1 amide bonds. The molecule has 118 valence electrons. The molecule has 1 N–H and O–H groups in total. The third kappa shape index (κ3) is 5.43. The number of rotatable bonds is 8. The van der Waals surface area contributed by atoms with Crippen molar-refractivity contribution in [1.82, 2.24) is 10.2 Å². The van der Waals surface area contributed by atoms with Crippen LogP contribution in [0.5, 0.6) is 0 Å². The van der Waals surface area contributed by atoms with Gasteiger partial charge in [-0.1, -0.05) is 33.1 Å². The third-order valence-electron chi connectivity index (χ3n) is 4.71. The predicted octanol–water partition coefficient (Wildman–Crippen LogP) is 3.44. The lowest BCUT2D eigenvalue weighted by Crippen LogP contribution is -2.43. The molecule has 1 aliphatic rings. The van der Waals surface area contributed by atoms with Crippen LogP contribution in [0.1, 0.15) is 66.2 Å². The van der Waals surface area contributed by atoms with Crippen LogP contribution >= 0.6 is 0 Å². The standard InChI is InChI=1S/C17H34N2O/c1-5-19(6-2)16(20)12-13-18-17(14(3)4)15-10-8-7-9-11-15/h14-15,17-18H,5-13H2,1-4H3/t17-/m1/s1. The number of amides is 1. The van der Waals surface area contributed by atoms with E-state index in [1.54, 1.807) is 0 Å². The SMILES string of the molecule is CCN(CC)C(=O)CCN[C@H](C(C)C)C1CCCCC1. The van der Waals surface area contributed by atoms with Gasteiger partial charge in [-0.3, -0.25) is 4.79 Å². The zero-order valence-corrected chi connectivity index (χ0v) is 14.0. The van der Waals surface area contributed by atoms with Gasteiger partial charge < -0.3 is 10.2 Å². The number of hydrogen-bond acceptors (Lipinski definition) is 2. The molecule has 1 aliphatic carbocycles. The van der Waals surface area contributed by atoms with Crippen molar-refractivity contribution < 1.29 is 4.79 Å². The molecule has 3 heteroatoms. The summed E-state index contributed by atoms with van der Waals surface area (Å²) in [7, 11) is 0. The quantitative estimate of drug-likeness (QED) is 0.739. The predicted molar refractivity (Wildman–Crippen MR) is 85.7 cm³/mol. The maximum atomic E-state index is 12.0. The Hall–Kier alpha value is -0.570. The summed E-state index contributed by atoms with van der Waals surface area (Å²) in [6, 6.07) is 0.583. The maximum Gasteiger partial charge on any atom is 0.223 e. The summed E-state index contributed by atoms with van der Waals surface area (Å²) >= 11 is 0. The van der Waals surface area contributed by atoms with Gasteiger partial charge in [0.2, 0.25) is 5.91 Å². The Balaban J connectivity index is 2.37. The van der Waals surface area contributed by atoms with E-state index in [4.69, 9.17) is 0 Å². The lowest BCUT2D eigenvalue weighted by molar-refractivity contribution is -0.130. The van der Waals surface area contributed by atoms with Crippen molar-refractivity contribution in [3.63, 3.8) is 0 Å². The largest absolute Gasteiger partial charge is 0.343 e. The summed E-state index contributed by atoms with van der Waals surface area (Å²) in [5.74, 6) is 1.75. The van der Waals surface area contributed by atoms with Crippen LogP contribution in [-0.2, 0) is 4.79 Å². The number of carbonyl (C=O) groups is 1. The Bertz CT molecular complexity index is 268. The average molecular weight is 282 g/mol. The van der Waals surface area contributed by atoms with E-state index in [0.29, 0.717) is 18.4 Å². The Labute approximate surface area is 125 Å². The monoisotopic (exact) mass is 282 g/mol. The van der Waals surface area contributed by atoms with Gasteiger partial charge in [-0.2, -0.15) is 0 Å². The summed E-state index contributed by atoms with van der Waals surface area (Å²) in [5, 5.41) is 3.68. The van der Waals surface area contributed by atoms with E-state index < -0.39 is 0 Å². The molecule has 0 spiro atoms. The van der Waals surface area contributed by atoms with E-state index in [0.717, 1.165) is 25.6 Å². The number of carbonyl (C=O) groups excluding carboxylic acids is 1. The van der Waals surface area contributed by atoms with Gasteiger partial charge in [-0.15, -0.1) is 0 Å². The van der Waals surface area contributed by atoms with Crippen molar-refractivity contribution in [1.29, 1.82) is 0 Å². The lowest BCUT2D eigenvalue weighted by atomic mass is 9.79. The first kappa shape index (κ1) is 17.5.